The largest absolute Gasteiger partial charge is 0.494 e. The van der Waals surface area contributed by atoms with Crippen LogP contribution in [0.15, 0.2) is 84.9 Å². The summed E-state index contributed by atoms with van der Waals surface area (Å²) in [5, 5.41) is 7.06. The molecule has 0 spiro atoms. The minimum Gasteiger partial charge on any atom is -0.494 e. The molecule has 0 aliphatic carbocycles. The minimum absolute atomic E-state index is 0.766. The van der Waals surface area contributed by atoms with E-state index in [1.54, 1.807) is 0 Å². The Morgan fingerprint density at radius 1 is 0.526 bits per heavy atom. The molecule has 4 rings (SSSR count). The highest BCUT2D eigenvalue weighted by Gasteiger charge is 2.05. The molecule has 0 radical (unpaired) electrons. The molecule has 0 aliphatic heterocycles. The maximum atomic E-state index is 5.83. The molecule has 0 aliphatic rings. The average molecular weight is 509 g/mol. The Bertz CT molecular complexity index is 1190. The van der Waals surface area contributed by atoms with Crippen LogP contribution in [-0.2, 0) is 0 Å². The van der Waals surface area contributed by atoms with Gasteiger partial charge in [0.05, 0.1) is 13.2 Å². The van der Waals surface area contributed by atoms with Gasteiger partial charge in [-0.3, -0.25) is 0 Å². The molecule has 0 aromatic heterocycles. The zero-order valence-electron chi connectivity index (χ0n) is 23.1. The van der Waals surface area contributed by atoms with E-state index in [1.165, 1.54) is 22.3 Å². The lowest BCUT2D eigenvalue weighted by molar-refractivity contribution is 0.309. The van der Waals surface area contributed by atoms with Crippen LogP contribution >= 0.6 is 0 Å². The van der Waals surface area contributed by atoms with Crippen LogP contribution in [0.3, 0.4) is 0 Å². The van der Waals surface area contributed by atoms with Crippen LogP contribution in [0.2, 0.25) is 0 Å². The van der Waals surface area contributed by atoms with Gasteiger partial charge in [0.15, 0.2) is 0 Å². The minimum atomic E-state index is 0.766. The molecule has 4 aromatic carbocycles. The maximum absolute atomic E-state index is 5.83. The van der Waals surface area contributed by atoms with Gasteiger partial charge in [-0.15, -0.1) is 0 Å². The third-order valence-corrected chi connectivity index (χ3v) is 6.59. The van der Waals surface area contributed by atoms with Crippen LogP contribution < -0.4 is 20.1 Å². The van der Waals surface area contributed by atoms with Crippen molar-refractivity contribution in [3.63, 3.8) is 0 Å². The van der Waals surface area contributed by atoms with Gasteiger partial charge in [0, 0.05) is 22.7 Å². The Morgan fingerprint density at radius 3 is 1.26 bits per heavy atom. The number of unbranched alkanes of at least 4 members (excludes halogenated alkanes) is 2. The van der Waals surface area contributed by atoms with Crippen molar-refractivity contribution in [2.24, 2.45) is 0 Å². The Labute approximate surface area is 228 Å². The summed E-state index contributed by atoms with van der Waals surface area (Å²) in [6.45, 7) is 10.1. The molecule has 0 heterocycles. The van der Waals surface area contributed by atoms with Gasteiger partial charge in [-0.05, 0) is 110 Å². The Hall–Kier alpha value is -3.92. The molecule has 38 heavy (non-hydrogen) atoms. The third kappa shape index (κ3) is 7.55. The van der Waals surface area contributed by atoms with Crippen LogP contribution in [0.25, 0.3) is 11.1 Å². The Kier molecular flexibility index (Phi) is 9.69. The highest BCUT2D eigenvalue weighted by molar-refractivity contribution is 5.72. The van der Waals surface area contributed by atoms with Crippen LogP contribution in [0.4, 0.5) is 22.7 Å². The van der Waals surface area contributed by atoms with Gasteiger partial charge < -0.3 is 20.1 Å². The number of aryl methyl sites for hydroxylation is 2. The normalized spacial score (nSPS) is 10.7. The summed E-state index contributed by atoms with van der Waals surface area (Å²) in [6.07, 6.45) is 4.43. The second-order valence-electron chi connectivity index (χ2n) is 9.76. The van der Waals surface area contributed by atoms with Gasteiger partial charge >= 0.3 is 0 Å². The lowest BCUT2D eigenvalue weighted by Gasteiger charge is -2.13. The summed E-state index contributed by atoms with van der Waals surface area (Å²) in [5.74, 6) is 1.86. The highest BCUT2D eigenvalue weighted by atomic mass is 16.5. The lowest BCUT2D eigenvalue weighted by atomic mass is 10.0. The van der Waals surface area contributed by atoms with E-state index in [1.807, 2.05) is 12.1 Å². The lowest BCUT2D eigenvalue weighted by Crippen LogP contribution is -1.98. The van der Waals surface area contributed by atoms with Crippen molar-refractivity contribution in [1.82, 2.24) is 0 Å². The van der Waals surface area contributed by atoms with Crippen LogP contribution in [0.5, 0.6) is 11.5 Å². The number of benzene rings is 4. The van der Waals surface area contributed by atoms with Crippen molar-refractivity contribution in [2.75, 3.05) is 23.8 Å². The summed E-state index contributed by atoms with van der Waals surface area (Å²) in [6, 6.07) is 29.6. The Morgan fingerprint density at radius 2 is 0.921 bits per heavy atom. The van der Waals surface area contributed by atoms with Crippen molar-refractivity contribution >= 4 is 22.7 Å². The number of hydrogen-bond donors (Lipinski definition) is 2. The fourth-order valence-electron chi connectivity index (χ4n) is 4.20. The molecule has 0 unspecified atom stereocenters. The van der Waals surface area contributed by atoms with Crippen molar-refractivity contribution in [3.05, 3.63) is 96.1 Å². The maximum Gasteiger partial charge on any atom is 0.119 e. The molecule has 4 nitrogen and oxygen atoms in total. The predicted molar refractivity (Wildman–Crippen MR) is 162 cm³/mol. The van der Waals surface area contributed by atoms with Gasteiger partial charge in [-0.25, -0.2) is 0 Å². The van der Waals surface area contributed by atoms with Gasteiger partial charge in [-0.1, -0.05) is 51.0 Å². The van der Waals surface area contributed by atoms with E-state index in [2.05, 4.69) is 111 Å². The molecule has 0 saturated heterocycles. The summed E-state index contributed by atoms with van der Waals surface area (Å²) in [5.41, 5.74) is 9.00. The summed E-state index contributed by atoms with van der Waals surface area (Å²) in [4.78, 5) is 0. The summed E-state index contributed by atoms with van der Waals surface area (Å²) < 4.78 is 11.7. The van der Waals surface area contributed by atoms with Gasteiger partial charge in [0.2, 0.25) is 0 Å². The number of ether oxygens (including phenoxy) is 2. The summed E-state index contributed by atoms with van der Waals surface area (Å²) in [7, 11) is 0. The third-order valence-electron chi connectivity index (χ3n) is 6.59. The topological polar surface area (TPSA) is 42.5 Å². The number of nitrogens with one attached hydrogen (secondary N) is 2. The van der Waals surface area contributed by atoms with E-state index in [4.69, 9.17) is 9.47 Å². The van der Waals surface area contributed by atoms with Crippen LogP contribution in [0.1, 0.15) is 50.7 Å². The van der Waals surface area contributed by atoms with E-state index in [9.17, 15) is 0 Å². The van der Waals surface area contributed by atoms with E-state index >= 15 is 0 Å². The summed E-state index contributed by atoms with van der Waals surface area (Å²) >= 11 is 0. The number of anilines is 4. The molecular formula is C34H40N2O2. The quantitative estimate of drug-likeness (QED) is 0.176. The zero-order chi connectivity index (χ0) is 26.7. The molecule has 0 amide bonds. The van der Waals surface area contributed by atoms with Crippen molar-refractivity contribution < 1.29 is 9.47 Å². The Balaban J connectivity index is 1.35. The van der Waals surface area contributed by atoms with E-state index in [0.29, 0.717) is 0 Å². The molecule has 0 saturated carbocycles. The molecule has 0 atom stereocenters. The predicted octanol–water partition coefficient (Wildman–Crippen LogP) is 9.82. The molecule has 2 N–H and O–H groups in total. The smallest absolute Gasteiger partial charge is 0.119 e. The SMILES string of the molecule is CCCCOc1ccc(Nc2ccc(-c3ccc(Nc4ccc(OCCCC)cc4C)cc3)cc2)c(C)c1. The first-order chi connectivity index (χ1) is 18.6. The molecular weight excluding hydrogens is 468 g/mol. The molecule has 0 fully saturated rings. The first-order valence-corrected chi connectivity index (χ1v) is 13.8. The zero-order valence-corrected chi connectivity index (χ0v) is 23.1. The van der Waals surface area contributed by atoms with Gasteiger partial charge in [0.25, 0.3) is 0 Å². The van der Waals surface area contributed by atoms with Crippen molar-refractivity contribution in [1.29, 1.82) is 0 Å². The fraction of sp³-hybridized carbons (Fsp3) is 0.294. The first kappa shape index (κ1) is 27.1. The monoisotopic (exact) mass is 508 g/mol. The second-order valence-corrected chi connectivity index (χ2v) is 9.76. The highest BCUT2D eigenvalue weighted by Crippen LogP contribution is 2.29. The van der Waals surface area contributed by atoms with Crippen molar-refractivity contribution in [3.8, 4) is 22.6 Å². The molecule has 0 bridgehead atoms. The van der Waals surface area contributed by atoms with E-state index in [0.717, 1.165) is 73.1 Å². The fourth-order valence-corrected chi connectivity index (χ4v) is 4.20. The van der Waals surface area contributed by atoms with Crippen LogP contribution in [-0.4, -0.2) is 13.2 Å². The van der Waals surface area contributed by atoms with E-state index < -0.39 is 0 Å². The number of rotatable bonds is 13. The van der Waals surface area contributed by atoms with Gasteiger partial charge in [0.1, 0.15) is 11.5 Å². The molecule has 4 aromatic rings. The average Bonchev–Trinajstić information content (AvgIpc) is 2.93. The molecule has 4 heteroatoms. The van der Waals surface area contributed by atoms with Crippen LogP contribution in [0, 0.1) is 13.8 Å². The standard InChI is InChI=1S/C34H40N2O2/c1-5-7-21-37-31-17-19-33(25(3)23-31)35-29-13-9-27(10-14-29)28-11-15-30(16-12-28)36-34-20-18-32(24-26(34)4)38-22-8-6-2/h9-20,23-24,35-36H,5-8,21-22H2,1-4H3. The number of hydrogen-bond acceptors (Lipinski definition) is 4. The first-order valence-electron chi connectivity index (χ1n) is 13.8. The van der Waals surface area contributed by atoms with E-state index in [-0.39, 0.29) is 0 Å². The second kappa shape index (κ2) is 13.6. The van der Waals surface area contributed by atoms with Gasteiger partial charge in [-0.2, -0.15) is 0 Å². The van der Waals surface area contributed by atoms with Crippen molar-refractivity contribution in [2.45, 2.75) is 53.4 Å². The molecule has 198 valence electrons.